The molecule has 1 fully saturated rings. The van der Waals surface area contributed by atoms with E-state index >= 15 is 0 Å². The molecule has 106 valence electrons. The lowest BCUT2D eigenvalue weighted by molar-refractivity contribution is -0.149. The van der Waals surface area contributed by atoms with Crippen LogP contribution in [-0.2, 0) is 9.53 Å². The summed E-state index contributed by atoms with van der Waals surface area (Å²) in [4.78, 5) is 15.9. The summed E-state index contributed by atoms with van der Waals surface area (Å²) in [7, 11) is 0. The molecule has 0 radical (unpaired) electrons. The first-order valence-electron chi connectivity index (χ1n) is 6.57. The van der Waals surface area contributed by atoms with Crippen LogP contribution in [0.25, 0.3) is 0 Å². The van der Waals surface area contributed by atoms with Gasteiger partial charge in [0.1, 0.15) is 11.1 Å². The first-order chi connectivity index (χ1) is 9.11. The maximum absolute atomic E-state index is 11.6. The largest absolute Gasteiger partial charge is 0.466 e. The molecule has 0 bridgehead atoms. The van der Waals surface area contributed by atoms with Crippen LogP contribution in [0.3, 0.4) is 0 Å². The Morgan fingerprint density at radius 3 is 2.79 bits per heavy atom. The van der Waals surface area contributed by atoms with Crippen LogP contribution in [0.2, 0.25) is 0 Å². The molecule has 19 heavy (non-hydrogen) atoms. The molecule has 1 aromatic heterocycles. The molecular formula is C13H18BrNO3S. The van der Waals surface area contributed by atoms with E-state index in [-0.39, 0.29) is 17.8 Å². The van der Waals surface area contributed by atoms with Gasteiger partial charge in [0.15, 0.2) is 0 Å². The molecule has 1 aliphatic rings. The van der Waals surface area contributed by atoms with Gasteiger partial charge < -0.3 is 9.84 Å². The van der Waals surface area contributed by atoms with E-state index in [1.807, 2.05) is 6.92 Å². The summed E-state index contributed by atoms with van der Waals surface area (Å²) in [5.74, 6) is 0.114. The SMILES string of the molecule is CCOC(=O)[C@H]1CC[C@H](C(O)c2ncc(Br)s2)CC1. The Kier molecular flexibility index (Phi) is 5.36. The highest BCUT2D eigenvalue weighted by Crippen LogP contribution is 2.38. The van der Waals surface area contributed by atoms with Crippen molar-refractivity contribution >= 4 is 33.2 Å². The van der Waals surface area contributed by atoms with Crippen LogP contribution in [0, 0.1) is 11.8 Å². The van der Waals surface area contributed by atoms with Crippen molar-refractivity contribution < 1.29 is 14.6 Å². The van der Waals surface area contributed by atoms with Crippen molar-refractivity contribution in [2.45, 2.75) is 38.7 Å². The van der Waals surface area contributed by atoms with Crippen LogP contribution < -0.4 is 0 Å². The number of carbonyl (C=O) groups excluding carboxylic acids is 1. The van der Waals surface area contributed by atoms with Gasteiger partial charge in [-0.1, -0.05) is 0 Å². The van der Waals surface area contributed by atoms with E-state index in [0.29, 0.717) is 6.61 Å². The molecule has 1 atom stereocenters. The lowest BCUT2D eigenvalue weighted by Gasteiger charge is -2.29. The Balaban J connectivity index is 1.87. The Bertz CT molecular complexity index is 429. The van der Waals surface area contributed by atoms with Gasteiger partial charge in [0, 0.05) is 0 Å². The van der Waals surface area contributed by atoms with Crippen LogP contribution in [0.1, 0.15) is 43.7 Å². The van der Waals surface area contributed by atoms with Crippen LogP contribution in [-0.4, -0.2) is 22.7 Å². The van der Waals surface area contributed by atoms with Crippen molar-refractivity contribution in [1.82, 2.24) is 4.98 Å². The normalized spacial score (nSPS) is 25.0. The van der Waals surface area contributed by atoms with E-state index in [2.05, 4.69) is 20.9 Å². The lowest BCUT2D eigenvalue weighted by atomic mass is 9.79. The van der Waals surface area contributed by atoms with Crippen LogP contribution >= 0.6 is 27.3 Å². The average Bonchev–Trinajstić information content (AvgIpc) is 2.85. The van der Waals surface area contributed by atoms with Gasteiger partial charge in [-0.05, 0) is 54.5 Å². The molecule has 1 aromatic rings. The number of halogens is 1. The molecule has 1 aliphatic carbocycles. The third-order valence-corrected chi connectivity index (χ3v) is 5.13. The Morgan fingerprint density at radius 2 is 2.26 bits per heavy atom. The summed E-state index contributed by atoms with van der Waals surface area (Å²) < 4.78 is 5.98. The molecule has 1 unspecified atom stereocenters. The third-order valence-electron chi connectivity index (χ3n) is 3.59. The fourth-order valence-corrected chi connectivity index (χ4v) is 3.86. The third kappa shape index (κ3) is 3.77. The monoisotopic (exact) mass is 347 g/mol. The van der Waals surface area contributed by atoms with Crippen molar-refractivity contribution in [3.63, 3.8) is 0 Å². The van der Waals surface area contributed by atoms with Gasteiger partial charge >= 0.3 is 5.97 Å². The van der Waals surface area contributed by atoms with Crippen molar-refractivity contribution in [2.24, 2.45) is 11.8 Å². The highest BCUT2D eigenvalue weighted by atomic mass is 79.9. The minimum atomic E-state index is -0.514. The second-order valence-corrected chi connectivity index (χ2v) is 7.25. The predicted octanol–water partition coefficient (Wildman–Crippen LogP) is 3.31. The first kappa shape index (κ1) is 14.9. The number of rotatable bonds is 4. The quantitative estimate of drug-likeness (QED) is 0.848. The molecule has 0 saturated heterocycles. The Hall–Kier alpha value is -0.460. The van der Waals surface area contributed by atoms with E-state index in [1.165, 1.54) is 11.3 Å². The van der Waals surface area contributed by atoms with Crippen molar-refractivity contribution in [3.05, 3.63) is 15.0 Å². The van der Waals surface area contributed by atoms with E-state index < -0.39 is 6.10 Å². The second kappa shape index (κ2) is 6.81. The predicted molar refractivity (Wildman–Crippen MR) is 76.9 cm³/mol. The fraction of sp³-hybridized carbons (Fsp3) is 0.692. The summed E-state index contributed by atoms with van der Waals surface area (Å²) in [6.07, 6.45) is 4.50. The number of aromatic nitrogens is 1. The fourth-order valence-electron chi connectivity index (χ4n) is 2.54. The van der Waals surface area contributed by atoms with Crippen LogP contribution in [0.4, 0.5) is 0 Å². The van der Waals surface area contributed by atoms with E-state index in [0.717, 1.165) is 34.5 Å². The molecule has 0 amide bonds. The smallest absolute Gasteiger partial charge is 0.308 e. The number of thiazole rings is 1. The number of hydrogen-bond donors (Lipinski definition) is 1. The number of aliphatic hydroxyl groups is 1. The summed E-state index contributed by atoms with van der Waals surface area (Å²) >= 11 is 4.82. The zero-order chi connectivity index (χ0) is 13.8. The van der Waals surface area contributed by atoms with Crippen molar-refractivity contribution in [1.29, 1.82) is 0 Å². The van der Waals surface area contributed by atoms with Gasteiger partial charge in [-0.15, -0.1) is 11.3 Å². The first-order valence-corrected chi connectivity index (χ1v) is 8.18. The highest BCUT2D eigenvalue weighted by Gasteiger charge is 2.32. The number of carbonyl (C=O) groups is 1. The number of aliphatic hydroxyl groups excluding tert-OH is 1. The zero-order valence-corrected chi connectivity index (χ0v) is 13.2. The standard InChI is InChI=1S/C13H18BrNO3S/c1-2-18-13(17)9-5-3-8(4-6-9)11(16)12-15-7-10(14)19-12/h7-9,11,16H,2-6H2,1H3/t8-,9-,11?. The van der Waals surface area contributed by atoms with E-state index in [4.69, 9.17) is 4.74 Å². The van der Waals surface area contributed by atoms with E-state index in [1.54, 1.807) is 6.20 Å². The van der Waals surface area contributed by atoms with Crippen molar-refractivity contribution in [3.8, 4) is 0 Å². The van der Waals surface area contributed by atoms with Gasteiger partial charge in [0.05, 0.1) is 22.5 Å². The number of ether oxygens (including phenoxy) is 1. The molecule has 0 aliphatic heterocycles. The summed E-state index contributed by atoms with van der Waals surface area (Å²) in [5.41, 5.74) is 0. The summed E-state index contributed by atoms with van der Waals surface area (Å²) in [6, 6.07) is 0. The lowest BCUT2D eigenvalue weighted by Crippen LogP contribution is -2.26. The maximum Gasteiger partial charge on any atom is 0.308 e. The molecule has 0 aromatic carbocycles. The summed E-state index contributed by atoms with van der Waals surface area (Å²) in [5, 5.41) is 11.1. The molecule has 1 saturated carbocycles. The minimum absolute atomic E-state index is 0.00595. The molecule has 6 heteroatoms. The molecule has 1 heterocycles. The molecule has 4 nitrogen and oxygen atoms in total. The topological polar surface area (TPSA) is 59.4 Å². The highest BCUT2D eigenvalue weighted by molar-refractivity contribution is 9.11. The van der Waals surface area contributed by atoms with Gasteiger partial charge in [-0.3, -0.25) is 4.79 Å². The number of esters is 1. The summed E-state index contributed by atoms with van der Waals surface area (Å²) in [6.45, 7) is 2.27. The van der Waals surface area contributed by atoms with Crippen molar-refractivity contribution in [2.75, 3.05) is 6.61 Å². The van der Waals surface area contributed by atoms with Gasteiger partial charge in [-0.25, -0.2) is 4.98 Å². The Labute approximate surface area is 125 Å². The molecule has 1 N–H and O–H groups in total. The van der Waals surface area contributed by atoms with Gasteiger partial charge in [0.2, 0.25) is 0 Å². The van der Waals surface area contributed by atoms with Gasteiger partial charge in [-0.2, -0.15) is 0 Å². The Morgan fingerprint density at radius 1 is 1.58 bits per heavy atom. The van der Waals surface area contributed by atoms with E-state index in [9.17, 15) is 9.90 Å². The number of nitrogens with zero attached hydrogens (tertiary/aromatic N) is 1. The maximum atomic E-state index is 11.6. The molecule has 2 rings (SSSR count). The minimum Gasteiger partial charge on any atom is -0.466 e. The van der Waals surface area contributed by atoms with Crippen LogP contribution in [0.5, 0.6) is 0 Å². The number of hydrogen-bond acceptors (Lipinski definition) is 5. The molecule has 0 spiro atoms. The second-order valence-electron chi connectivity index (χ2n) is 4.81. The zero-order valence-electron chi connectivity index (χ0n) is 10.8. The van der Waals surface area contributed by atoms with Gasteiger partial charge in [0.25, 0.3) is 0 Å². The molecular weight excluding hydrogens is 330 g/mol. The van der Waals surface area contributed by atoms with Crippen LogP contribution in [0.15, 0.2) is 9.98 Å². The average molecular weight is 348 g/mol.